The summed E-state index contributed by atoms with van der Waals surface area (Å²) in [4.78, 5) is 10.2. The number of nitrogens with zero attached hydrogens (tertiary/aromatic N) is 2. The topological polar surface area (TPSA) is 88.5 Å². The highest BCUT2D eigenvalue weighted by atomic mass is 35.5. The van der Waals surface area contributed by atoms with E-state index in [9.17, 15) is 20.3 Å². The predicted octanol–water partition coefficient (Wildman–Crippen LogP) is 2.84. The van der Waals surface area contributed by atoms with Gasteiger partial charge in [-0.2, -0.15) is 0 Å². The second-order valence-corrected chi connectivity index (χ2v) is 4.32. The van der Waals surface area contributed by atoms with Gasteiger partial charge in [-0.1, -0.05) is 0 Å². The van der Waals surface area contributed by atoms with E-state index in [-0.39, 0.29) is 23.3 Å². The zero-order chi connectivity index (χ0) is 14.2. The Kier molecular flexibility index (Phi) is 3.35. The van der Waals surface area contributed by atoms with Crippen LogP contribution in [0, 0.1) is 17.0 Å². The van der Waals surface area contributed by atoms with Gasteiger partial charge < -0.3 is 10.2 Å². The van der Waals surface area contributed by atoms with E-state index in [2.05, 4.69) is 0 Å². The van der Waals surface area contributed by atoms with E-state index in [0.29, 0.717) is 16.8 Å². The maximum absolute atomic E-state index is 10.7. The lowest BCUT2D eigenvalue weighted by molar-refractivity contribution is -0.384. The number of halogens is 1. The van der Waals surface area contributed by atoms with Gasteiger partial charge in [-0.25, -0.2) is 0 Å². The zero-order valence-corrected chi connectivity index (χ0v) is 10.8. The standard InChI is InChI=1S/C12H11ClN2O4/c1-7-4-9(15(18)19)2-3-10(7)14-11(16)5-8(6-13)12(14)17/h2-5,16-17H,6H2,1H3. The lowest BCUT2D eigenvalue weighted by Gasteiger charge is -2.10. The summed E-state index contributed by atoms with van der Waals surface area (Å²) in [6, 6.07) is 5.49. The maximum atomic E-state index is 10.7. The zero-order valence-electron chi connectivity index (χ0n) is 10.00. The molecule has 1 aromatic carbocycles. The third-order valence-electron chi connectivity index (χ3n) is 2.81. The number of aromatic nitrogens is 1. The smallest absolute Gasteiger partial charge is 0.269 e. The molecule has 0 saturated carbocycles. The van der Waals surface area contributed by atoms with Crippen molar-refractivity contribution in [3.05, 3.63) is 45.5 Å². The summed E-state index contributed by atoms with van der Waals surface area (Å²) in [7, 11) is 0. The van der Waals surface area contributed by atoms with Crippen LogP contribution in [0.5, 0.6) is 11.8 Å². The number of non-ortho nitro benzene ring substituents is 1. The fourth-order valence-electron chi connectivity index (χ4n) is 1.88. The van der Waals surface area contributed by atoms with Gasteiger partial charge in [-0.05, 0) is 18.6 Å². The molecule has 0 aliphatic heterocycles. The van der Waals surface area contributed by atoms with Gasteiger partial charge >= 0.3 is 0 Å². The van der Waals surface area contributed by atoms with Crippen LogP contribution < -0.4 is 0 Å². The lowest BCUT2D eigenvalue weighted by atomic mass is 10.2. The van der Waals surface area contributed by atoms with Crippen LogP contribution in [0.1, 0.15) is 11.1 Å². The first-order chi connectivity index (χ1) is 8.95. The Morgan fingerprint density at radius 2 is 2.05 bits per heavy atom. The van der Waals surface area contributed by atoms with E-state index in [0.717, 1.165) is 0 Å². The molecule has 2 rings (SSSR count). The van der Waals surface area contributed by atoms with E-state index in [4.69, 9.17) is 11.6 Å². The van der Waals surface area contributed by atoms with Crippen molar-refractivity contribution in [3.8, 4) is 17.4 Å². The highest BCUT2D eigenvalue weighted by molar-refractivity contribution is 6.17. The van der Waals surface area contributed by atoms with Gasteiger partial charge in [0.05, 0.1) is 16.5 Å². The number of aryl methyl sites for hydroxylation is 1. The third-order valence-corrected chi connectivity index (χ3v) is 3.10. The van der Waals surface area contributed by atoms with E-state index in [1.807, 2.05) is 0 Å². The van der Waals surface area contributed by atoms with Gasteiger partial charge in [-0.3, -0.25) is 14.7 Å². The molecule has 0 saturated heterocycles. The van der Waals surface area contributed by atoms with Gasteiger partial charge in [0.15, 0.2) is 5.88 Å². The molecule has 1 aromatic heterocycles. The van der Waals surface area contributed by atoms with Crippen LogP contribution in [0.4, 0.5) is 5.69 Å². The minimum Gasteiger partial charge on any atom is -0.494 e. The molecule has 2 N–H and O–H groups in total. The largest absolute Gasteiger partial charge is 0.494 e. The van der Waals surface area contributed by atoms with Gasteiger partial charge in [0.2, 0.25) is 5.88 Å². The molecule has 0 aliphatic rings. The Morgan fingerprint density at radius 3 is 2.53 bits per heavy atom. The van der Waals surface area contributed by atoms with Gasteiger partial charge in [0.1, 0.15) is 0 Å². The molecule has 0 bridgehead atoms. The first-order valence-corrected chi connectivity index (χ1v) is 5.93. The molecule has 0 fully saturated rings. The fraction of sp³-hybridized carbons (Fsp3) is 0.167. The van der Waals surface area contributed by atoms with Crippen LogP contribution in [-0.4, -0.2) is 19.7 Å². The van der Waals surface area contributed by atoms with Crippen molar-refractivity contribution >= 4 is 17.3 Å². The summed E-state index contributed by atoms with van der Waals surface area (Å²) < 4.78 is 1.19. The van der Waals surface area contributed by atoms with Gasteiger partial charge in [-0.15, -0.1) is 11.6 Å². The van der Waals surface area contributed by atoms with Crippen molar-refractivity contribution in [3.63, 3.8) is 0 Å². The molecule has 0 spiro atoms. The Bertz CT molecular complexity index is 651. The van der Waals surface area contributed by atoms with Crippen LogP contribution in [0.3, 0.4) is 0 Å². The molecule has 2 aromatic rings. The number of rotatable bonds is 3. The first-order valence-electron chi connectivity index (χ1n) is 5.39. The van der Waals surface area contributed by atoms with Gasteiger partial charge in [0, 0.05) is 23.8 Å². The summed E-state index contributed by atoms with van der Waals surface area (Å²) in [5.74, 6) is -0.298. The number of hydrogen-bond acceptors (Lipinski definition) is 4. The molecular formula is C12H11ClN2O4. The second kappa shape index (κ2) is 4.81. The van der Waals surface area contributed by atoms with Crippen molar-refractivity contribution in [2.75, 3.05) is 0 Å². The van der Waals surface area contributed by atoms with E-state index < -0.39 is 4.92 Å². The summed E-state index contributed by atoms with van der Waals surface area (Å²) in [6.45, 7) is 1.65. The van der Waals surface area contributed by atoms with Crippen molar-refractivity contribution in [1.82, 2.24) is 4.57 Å². The average Bonchev–Trinajstić information content (AvgIpc) is 2.64. The van der Waals surface area contributed by atoms with Gasteiger partial charge in [0.25, 0.3) is 5.69 Å². The predicted molar refractivity (Wildman–Crippen MR) is 70.0 cm³/mol. The van der Waals surface area contributed by atoms with Crippen molar-refractivity contribution in [2.24, 2.45) is 0 Å². The third kappa shape index (κ3) is 2.22. The molecule has 0 radical (unpaired) electrons. The van der Waals surface area contributed by atoms with Crippen molar-refractivity contribution in [1.29, 1.82) is 0 Å². The summed E-state index contributed by atoms with van der Waals surface area (Å²) >= 11 is 5.64. The van der Waals surface area contributed by atoms with Crippen LogP contribution in [0.25, 0.3) is 5.69 Å². The minimum absolute atomic E-state index is 0.0510. The molecule has 19 heavy (non-hydrogen) atoms. The first kappa shape index (κ1) is 13.2. The molecule has 1 heterocycles. The molecule has 0 aliphatic carbocycles. The lowest BCUT2D eigenvalue weighted by Crippen LogP contribution is -1.98. The normalized spacial score (nSPS) is 10.6. The SMILES string of the molecule is Cc1cc([N+](=O)[O-])ccc1-n1c(O)cc(CCl)c1O. The number of aromatic hydroxyl groups is 2. The minimum atomic E-state index is -0.504. The average molecular weight is 283 g/mol. The molecule has 100 valence electrons. The second-order valence-electron chi connectivity index (χ2n) is 4.05. The Balaban J connectivity index is 2.60. The van der Waals surface area contributed by atoms with E-state index >= 15 is 0 Å². The summed E-state index contributed by atoms with van der Waals surface area (Å²) in [5.41, 5.74) is 1.34. The highest BCUT2D eigenvalue weighted by Crippen LogP contribution is 2.34. The van der Waals surface area contributed by atoms with Crippen LogP contribution in [0.15, 0.2) is 24.3 Å². The quantitative estimate of drug-likeness (QED) is 0.515. The van der Waals surface area contributed by atoms with E-state index in [1.54, 1.807) is 6.92 Å². The fourth-order valence-corrected chi connectivity index (χ4v) is 2.07. The summed E-state index contributed by atoms with van der Waals surface area (Å²) in [6.07, 6.45) is 0. The molecule has 0 atom stereocenters. The number of nitro groups is 1. The summed E-state index contributed by atoms with van der Waals surface area (Å²) in [5, 5.41) is 30.4. The Hall–Kier alpha value is -2.21. The van der Waals surface area contributed by atoms with E-state index in [1.165, 1.54) is 28.8 Å². The number of nitro benzene ring substituents is 1. The van der Waals surface area contributed by atoms with Crippen LogP contribution in [-0.2, 0) is 5.88 Å². The number of benzene rings is 1. The Morgan fingerprint density at radius 1 is 1.37 bits per heavy atom. The monoisotopic (exact) mass is 282 g/mol. The number of alkyl halides is 1. The van der Waals surface area contributed by atoms with Crippen molar-refractivity contribution < 1.29 is 15.1 Å². The molecule has 0 amide bonds. The maximum Gasteiger partial charge on any atom is 0.269 e. The molecular weight excluding hydrogens is 272 g/mol. The van der Waals surface area contributed by atoms with Crippen LogP contribution >= 0.6 is 11.6 Å². The van der Waals surface area contributed by atoms with Crippen molar-refractivity contribution in [2.45, 2.75) is 12.8 Å². The van der Waals surface area contributed by atoms with Crippen LogP contribution in [0.2, 0.25) is 0 Å². The molecule has 7 heteroatoms. The molecule has 0 unspecified atom stereocenters. The molecule has 6 nitrogen and oxygen atoms in total. The number of hydrogen-bond donors (Lipinski definition) is 2. The Labute approximate surface area is 113 Å². The highest BCUT2D eigenvalue weighted by Gasteiger charge is 2.17.